The van der Waals surface area contributed by atoms with Gasteiger partial charge in [0, 0.05) is 7.05 Å². The summed E-state index contributed by atoms with van der Waals surface area (Å²) in [6.07, 6.45) is 1.39. The Hall–Kier alpha value is -1.07. The summed E-state index contributed by atoms with van der Waals surface area (Å²) in [5, 5.41) is 2.93. The molecule has 1 heterocycles. The number of nitrogens with one attached hydrogen (secondary N) is 1. The maximum absolute atomic E-state index is 12.5. The Morgan fingerprint density at radius 1 is 1.17 bits per heavy atom. The molecule has 1 saturated heterocycles. The minimum absolute atomic E-state index is 0.259. The van der Waals surface area contributed by atoms with Crippen LogP contribution in [0.25, 0.3) is 0 Å². The van der Waals surface area contributed by atoms with E-state index < -0.39 is 10.0 Å². The molecule has 0 aromatic heterocycles. The molecule has 100 valence electrons. The number of sulfonamides is 1. The van der Waals surface area contributed by atoms with Gasteiger partial charge in [0.2, 0.25) is 10.0 Å². The lowest BCUT2D eigenvalue weighted by atomic mass is 10.2. The average Bonchev–Trinajstić information content (AvgIpc) is 2.40. The van der Waals surface area contributed by atoms with Gasteiger partial charge in [-0.15, -0.1) is 0 Å². The van der Waals surface area contributed by atoms with Crippen LogP contribution in [0.2, 0.25) is 0 Å². The lowest BCUT2D eigenvalue weighted by Crippen LogP contribution is -2.42. The summed E-state index contributed by atoms with van der Waals surface area (Å²) in [5.41, 5.74) is 1.87. The SMILES string of the molecule is Cc1ccc(N(C)S(=O)(=O)C2CCNCC2)cc1. The van der Waals surface area contributed by atoms with Crippen LogP contribution in [0.3, 0.4) is 0 Å². The molecule has 0 amide bonds. The van der Waals surface area contributed by atoms with Crippen molar-refractivity contribution in [2.45, 2.75) is 25.0 Å². The second-order valence-electron chi connectivity index (χ2n) is 4.80. The first kappa shape index (κ1) is 13.4. The van der Waals surface area contributed by atoms with E-state index in [1.165, 1.54) is 4.31 Å². The van der Waals surface area contributed by atoms with Crippen molar-refractivity contribution in [2.75, 3.05) is 24.4 Å². The van der Waals surface area contributed by atoms with Crippen LogP contribution >= 0.6 is 0 Å². The van der Waals surface area contributed by atoms with Crippen molar-refractivity contribution in [3.63, 3.8) is 0 Å². The zero-order chi connectivity index (χ0) is 13.2. The monoisotopic (exact) mass is 268 g/mol. The summed E-state index contributed by atoms with van der Waals surface area (Å²) in [4.78, 5) is 0. The van der Waals surface area contributed by atoms with Gasteiger partial charge in [0.25, 0.3) is 0 Å². The number of piperidine rings is 1. The van der Waals surface area contributed by atoms with E-state index in [-0.39, 0.29) is 5.25 Å². The van der Waals surface area contributed by atoms with Gasteiger partial charge in [-0.2, -0.15) is 0 Å². The molecule has 1 aromatic carbocycles. The van der Waals surface area contributed by atoms with Crippen LogP contribution in [0.5, 0.6) is 0 Å². The van der Waals surface area contributed by atoms with Crippen molar-refractivity contribution in [3.8, 4) is 0 Å². The van der Waals surface area contributed by atoms with Crippen LogP contribution in [0.4, 0.5) is 5.69 Å². The third-order valence-electron chi connectivity index (χ3n) is 3.49. The zero-order valence-electron chi connectivity index (χ0n) is 10.9. The fourth-order valence-corrected chi connectivity index (χ4v) is 3.91. The van der Waals surface area contributed by atoms with Gasteiger partial charge in [-0.05, 0) is 45.0 Å². The van der Waals surface area contributed by atoms with Crippen LogP contribution in [0, 0.1) is 6.92 Å². The molecule has 5 heteroatoms. The summed E-state index contributed by atoms with van der Waals surface area (Å²) in [7, 11) is -1.59. The average molecular weight is 268 g/mol. The molecule has 0 unspecified atom stereocenters. The van der Waals surface area contributed by atoms with Crippen LogP contribution in [0.15, 0.2) is 24.3 Å². The highest BCUT2D eigenvalue weighted by molar-refractivity contribution is 7.93. The number of rotatable bonds is 3. The van der Waals surface area contributed by atoms with Crippen molar-refractivity contribution in [2.24, 2.45) is 0 Å². The lowest BCUT2D eigenvalue weighted by Gasteiger charge is -2.28. The number of anilines is 1. The zero-order valence-corrected chi connectivity index (χ0v) is 11.7. The quantitative estimate of drug-likeness (QED) is 0.904. The minimum atomic E-state index is -3.23. The first-order valence-corrected chi connectivity index (χ1v) is 7.77. The highest BCUT2D eigenvalue weighted by atomic mass is 32.2. The Kier molecular flexibility index (Phi) is 3.92. The van der Waals surface area contributed by atoms with E-state index in [4.69, 9.17) is 0 Å². The molecule has 1 N–H and O–H groups in total. The maximum atomic E-state index is 12.5. The summed E-state index contributed by atoms with van der Waals surface area (Å²) in [5.74, 6) is 0. The Balaban J connectivity index is 2.20. The molecule has 2 rings (SSSR count). The molecular formula is C13H20N2O2S. The van der Waals surface area contributed by atoms with Crippen molar-refractivity contribution in [1.29, 1.82) is 0 Å². The molecule has 0 saturated carbocycles. The molecule has 1 aromatic rings. The molecule has 0 bridgehead atoms. The van der Waals surface area contributed by atoms with Crippen LogP contribution in [0.1, 0.15) is 18.4 Å². The largest absolute Gasteiger partial charge is 0.317 e. The minimum Gasteiger partial charge on any atom is -0.317 e. The van der Waals surface area contributed by atoms with Crippen molar-refractivity contribution in [1.82, 2.24) is 5.32 Å². The lowest BCUT2D eigenvalue weighted by molar-refractivity contribution is 0.495. The molecule has 1 aliphatic rings. The third kappa shape index (κ3) is 2.67. The fourth-order valence-electron chi connectivity index (χ4n) is 2.22. The van der Waals surface area contributed by atoms with Crippen molar-refractivity contribution in [3.05, 3.63) is 29.8 Å². The molecule has 0 spiro atoms. The Bertz CT molecular complexity index is 490. The number of hydrogen-bond acceptors (Lipinski definition) is 3. The number of benzene rings is 1. The molecule has 0 atom stereocenters. The van der Waals surface area contributed by atoms with Crippen molar-refractivity contribution >= 4 is 15.7 Å². The van der Waals surface area contributed by atoms with E-state index in [9.17, 15) is 8.42 Å². The highest BCUT2D eigenvalue weighted by Crippen LogP contribution is 2.23. The summed E-state index contributed by atoms with van der Waals surface area (Å²) >= 11 is 0. The second-order valence-corrected chi connectivity index (χ2v) is 7.04. The standard InChI is InChI=1S/C13H20N2O2S/c1-11-3-5-12(6-4-11)15(2)18(16,17)13-7-9-14-10-8-13/h3-6,13-14H,7-10H2,1-2H3. The van der Waals surface area contributed by atoms with Gasteiger partial charge < -0.3 is 5.32 Å². The molecule has 4 nitrogen and oxygen atoms in total. The van der Waals surface area contributed by atoms with E-state index in [1.54, 1.807) is 7.05 Å². The molecule has 1 aliphatic heterocycles. The van der Waals surface area contributed by atoms with Gasteiger partial charge in [0.15, 0.2) is 0 Å². The fraction of sp³-hybridized carbons (Fsp3) is 0.538. The maximum Gasteiger partial charge on any atom is 0.237 e. The van der Waals surface area contributed by atoms with Gasteiger partial charge in [-0.3, -0.25) is 4.31 Å². The summed E-state index contributed by atoms with van der Waals surface area (Å²) in [6, 6.07) is 7.58. The van der Waals surface area contributed by atoms with Crippen LogP contribution < -0.4 is 9.62 Å². The number of aryl methyl sites for hydroxylation is 1. The van der Waals surface area contributed by atoms with E-state index in [0.29, 0.717) is 12.8 Å². The van der Waals surface area contributed by atoms with E-state index in [2.05, 4.69) is 5.32 Å². The molecule has 0 aliphatic carbocycles. The summed E-state index contributed by atoms with van der Waals surface area (Å²) < 4.78 is 26.4. The smallest absolute Gasteiger partial charge is 0.237 e. The highest BCUT2D eigenvalue weighted by Gasteiger charge is 2.30. The second kappa shape index (κ2) is 5.28. The third-order valence-corrected chi connectivity index (χ3v) is 5.77. The van der Waals surface area contributed by atoms with Gasteiger partial charge >= 0.3 is 0 Å². The van der Waals surface area contributed by atoms with E-state index >= 15 is 0 Å². The molecular weight excluding hydrogens is 248 g/mol. The molecule has 0 radical (unpaired) electrons. The molecule has 18 heavy (non-hydrogen) atoms. The summed E-state index contributed by atoms with van der Waals surface area (Å²) in [6.45, 7) is 3.56. The first-order chi connectivity index (χ1) is 8.51. The normalized spacial score (nSPS) is 17.7. The van der Waals surface area contributed by atoms with Gasteiger partial charge in [-0.25, -0.2) is 8.42 Å². The predicted molar refractivity (Wildman–Crippen MR) is 74.4 cm³/mol. The van der Waals surface area contributed by atoms with Crippen LogP contribution in [-0.4, -0.2) is 33.8 Å². The predicted octanol–water partition coefficient (Wildman–Crippen LogP) is 1.51. The number of hydrogen-bond donors (Lipinski definition) is 1. The van der Waals surface area contributed by atoms with Crippen LogP contribution in [-0.2, 0) is 10.0 Å². The van der Waals surface area contributed by atoms with Crippen molar-refractivity contribution < 1.29 is 8.42 Å². The van der Waals surface area contributed by atoms with Gasteiger partial charge in [0.05, 0.1) is 10.9 Å². The van der Waals surface area contributed by atoms with Gasteiger partial charge in [0.1, 0.15) is 0 Å². The Morgan fingerprint density at radius 2 is 1.72 bits per heavy atom. The van der Waals surface area contributed by atoms with E-state index in [0.717, 1.165) is 24.3 Å². The number of nitrogens with zero attached hydrogens (tertiary/aromatic N) is 1. The Labute approximate surface area is 109 Å². The van der Waals surface area contributed by atoms with Gasteiger partial charge in [-0.1, -0.05) is 17.7 Å². The Morgan fingerprint density at radius 3 is 2.28 bits per heavy atom. The molecule has 1 fully saturated rings. The van der Waals surface area contributed by atoms with E-state index in [1.807, 2.05) is 31.2 Å². The topological polar surface area (TPSA) is 49.4 Å². The first-order valence-electron chi connectivity index (χ1n) is 6.27.